The normalized spacial score (nSPS) is 27.2. The summed E-state index contributed by atoms with van der Waals surface area (Å²) in [5, 5.41) is 0. The van der Waals surface area contributed by atoms with E-state index in [2.05, 4.69) is 13.8 Å². The molecule has 0 amide bonds. The van der Waals surface area contributed by atoms with E-state index in [9.17, 15) is 0 Å². The Kier molecular flexibility index (Phi) is 5.01. The van der Waals surface area contributed by atoms with E-state index in [0.717, 1.165) is 23.7 Å². The van der Waals surface area contributed by atoms with Gasteiger partial charge in [0.15, 0.2) is 0 Å². The Balaban J connectivity index is 1.89. The standard InChI is InChI=1S/C15H26.Zr/c1-12(14-7-3-4-8-14)11-13(2)15-9-5-6-10-15;/h12-15H,3-10H2,1-2H3;/q;+2. The molecule has 88 valence electrons. The molecule has 2 atom stereocenters. The molecular formula is C15H26Zr+2. The van der Waals surface area contributed by atoms with Crippen molar-refractivity contribution in [2.75, 3.05) is 0 Å². The van der Waals surface area contributed by atoms with Gasteiger partial charge in [-0.15, -0.1) is 0 Å². The Morgan fingerprint density at radius 1 is 0.812 bits per heavy atom. The van der Waals surface area contributed by atoms with E-state index >= 15 is 0 Å². The molecule has 0 saturated heterocycles. The van der Waals surface area contributed by atoms with Gasteiger partial charge in [0.25, 0.3) is 0 Å². The molecule has 0 N–H and O–H groups in total. The quantitative estimate of drug-likeness (QED) is 0.723. The second-order valence-electron chi connectivity index (χ2n) is 6.12. The van der Waals surface area contributed by atoms with Gasteiger partial charge in [-0.1, -0.05) is 0 Å². The van der Waals surface area contributed by atoms with Gasteiger partial charge in [-0.05, 0) is 0 Å². The fourth-order valence-corrected chi connectivity index (χ4v) is 5.00. The minimum atomic E-state index is 0.927. The third kappa shape index (κ3) is 2.95. The molecule has 1 heteroatoms. The van der Waals surface area contributed by atoms with Gasteiger partial charge in [-0.2, -0.15) is 0 Å². The molecule has 0 nitrogen and oxygen atoms in total. The molecule has 0 spiro atoms. The van der Waals surface area contributed by atoms with Crippen LogP contribution in [0.2, 0.25) is 0 Å². The Bertz CT molecular complexity index is 210. The van der Waals surface area contributed by atoms with E-state index in [1.54, 1.807) is 24.2 Å². The summed E-state index contributed by atoms with van der Waals surface area (Å²) < 4.78 is 1.91. The molecule has 0 bridgehead atoms. The molecule has 0 aromatic rings. The van der Waals surface area contributed by atoms with E-state index in [4.69, 9.17) is 0 Å². The SMILES string of the molecule is CC([C](=[Zr+2])C(C)C1CCCC1)C1CCCC1. The summed E-state index contributed by atoms with van der Waals surface area (Å²) in [5.74, 6) is 3.93. The second-order valence-corrected chi connectivity index (χ2v) is 7.54. The van der Waals surface area contributed by atoms with Gasteiger partial charge < -0.3 is 0 Å². The van der Waals surface area contributed by atoms with Gasteiger partial charge in [-0.3, -0.25) is 0 Å². The number of hydrogen-bond acceptors (Lipinski definition) is 0. The second kappa shape index (κ2) is 6.08. The monoisotopic (exact) mass is 296 g/mol. The van der Waals surface area contributed by atoms with Gasteiger partial charge in [0.05, 0.1) is 0 Å². The van der Waals surface area contributed by atoms with Crippen molar-refractivity contribution in [3.8, 4) is 0 Å². The van der Waals surface area contributed by atoms with Crippen LogP contribution in [0.3, 0.4) is 0 Å². The summed E-state index contributed by atoms with van der Waals surface area (Å²) in [6.07, 6.45) is 12.0. The zero-order valence-corrected chi connectivity index (χ0v) is 13.4. The Hall–Kier alpha value is 0.753. The van der Waals surface area contributed by atoms with Crippen molar-refractivity contribution in [2.24, 2.45) is 23.7 Å². The van der Waals surface area contributed by atoms with Crippen LogP contribution < -0.4 is 0 Å². The predicted molar refractivity (Wildman–Crippen MR) is 67.3 cm³/mol. The molecular weight excluding hydrogens is 271 g/mol. The van der Waals surface area contributed by atoms with Crippen LogP contribution in [0.25, 0.3) is 0 Å². The molecule has 2 fully saturated rings. The molecule has 16 heavy (non-hydrogen) atoms. The first kappa shape index (κ1) is 13.2. The van der Waals surface area contributed by atoms with Crippen molar-refractivity contribution in [3.63, 3.8) is 0 Å². The third-order valence-corrected chi connectivity index (χ3v) is 7.43. The zero-order valence-electron chi connectivity index (χ0n) is 11.0. The summed E-state index contributed by atoms with van der Waals surface area (Å²) in [6.45, 7) is 5.04. The molecule has 0 aliphatic heterocycles. The predicted octanol–water partition coefficient (Wildman–Crippen LogP) is 4.36. The van der Waals surface area contributed by atoms with Crippen molar-refractivity contribution in [3.05, 3.63) is 0 Å². The van der Waals surface area contributed by atoms with Crippen LogP contribution in [0, 0.1) is 23.7 Å². The fourth-order valence-electron chi connectivity index (χ4n) is 3.84. The average molecular weight is 298 g/mol. The van der Waals surface area contributed by atoms with Crippen LogP contribution in [0.15, 0.2) is 0 Å². The van der Waals surface area contributed by atoms with Gasteiger partial charge in [0, 0.05) is 0 Å². The number of rotatable bonds is 4. The first-order chi connectivity index (χ1) is 7.70. The van der Waals surface area contributed by atoms with E-state index in [1.807, 2.05) is 3.21 Å². The summed E-state index contributed by atoms with van der Waals surface area (Å²) in [6, 6.07) is 0. The maximum absolute atomic E-state index is 2.52. The van der Waals surface area contributed by atoms with Crippen molar-refractivity contribution >= 4 is 3.21 Å². The molecule has 2 aliphatic carbocycles. The van der Waals surface area contributed by atoms with Crippen LogP contribution in [0.5, 0.6) is 0 Å². The summed E-state index contributed by atoms with van der Waals surface area (Å²) >= 11 is 1.73. The van der Waals surface area contributed by atoms with Gasteiger partial charge in [0.2, 0.25) is 0 Å². The van der Waals surface area contributed by atoms with E-state index in [0.29, 0.717) is 0 Å². The van der Waals surface area contributed by atoms with Gasteiger partial charge >= 0.3 is 116 Å². The van der Waals surface area contributed by atoms with Crippen molar-refractivity contribution in [1.82, 2.24) is 0 Å². The summed E-state index contributed by atoms with van der Waals surface area (Å²) in [7, 11) is 0. The van der Waals surface area contributed by atoms with Crippen LogP contribution in [-0.2, 0) is 24.2 Å². The molecule has 0 aromatic heterocycles. The average Bonchev–Trinajstić information content (AvgIpc) is 2.97. The zero-order chi connectivity index (χ0) is 11.5. The Morgan fingerprint density at radius 3 is 1.44 bits per heavy atom. The first-order valence-electron chi connectivity index (χ1n) is 7.28. The maximum atomic E-state index is 2.52. The molecule has 0 heterocycles. The van der Waals surface area contributed by atoms with E-state index in [-0.39, 0.29) is 0 Å². The molecule has 2 saturated carbocycles. The van der Waals surface area contributed by atoms with Crippen molar-refractivity contribution in [2.45, 2.75) is 65.2 Å². The Labute approximate surface area is 116 Å². The number of hydrogen-bond donors (Lipinski definition) is 0. The Morgan fingerprint density at radius 2 is 1.12 bits per heavy atom. The molecule has 0 radical (unpaired) electrons. The molecule has 2 rings (SSSR count). The van der Waals surface area contributed by atoms with E-state index < -0.39 is 0 Å². The van der Waals surface area contributed by atoms with E-state index in [1.165, 1.54) is 51.4 Å². The van der Waals surface area contributed by atoms with Gasteiger partial charge in [-0.25, -0.2) is 0 Å². The van der Waals surface area contributed by atoms with Gasteiger partial charge in [0.1, 0.15) is 0 Å². The first-order valence-corrected chi connectivity index (χ1v) is 8.51. The fraction of sp³-hybridized carbons (Fsp3) is 0.933. The van der Waals surface area contributed by atoms with Crippen LogP contribution >= 0.6 is 0 Å². The molecule has 0 aromatic carbocycles. The van der Waals surface area contributed by atoms with Crippen LogP contribution in [0.4, 0.5) is 0 Å². The minimum absolute atomic E-state index is 0.927. The van der Waals surface area contributed by atoms with Crippen molar-refractivity contribution in [1.29, 1.82) is 0 Å². The van der Waals surface area contributed by atoms with Crippen molar-refractivity contribution < 1.29 is 24.2 Å². The molecule has 2 unspecified atom stereocenters. The topological polar surface area (TPSA) is 0 Å². The van der Waals surface area contributed by atoms with Crippen LogP contribution in [0.1, 0.15) is 65.2 Å². The summed E-state index contributed by atoms with van der Waals surface area (Å²) in [5.41, 5.74) is 0. The third-order valence-electron chi connectivity index (χ3n) is 5.19. The van der Waals surface area contributed by atoms with Crippen LogP contribution in [-0.4, -0.2) is 3.21 Å². The summed E-state index contributed by atoms with van der Waals surface area (Å²) in [4.78, 5) is 0. The molecule has 2 aliphatic rings.